The molecule has 22 heavy (non-hydrogen) atoms. The third-order valence-electron chi connectivity index (χ3n) is 3.67. The maximum atomic E-state index is 14.0. The Morgan fingerprint density at radius 3 is 2.41 bits per heavy atom. The van der Waals surface area contributed by atoms with Crippen LogP contribution in [0.15, 0.2) is 42.5 Å². The summed E-state index contributed by atoms with van der Waals surface area (Å²) in [4.78, 5) is 9.32. The standard InChI is InChI=1S/C18H17AsFN2/c1-11(2)16-10-17(22-18(19-3)21-16)14-8-9-15(20)13-7-5-4-6-12(13)14/h4-11H,1-3H3. The predicted octanol–water partition coefficient (Wildman–Crippen LogP) is 3.94. The third kappa shape index (κ3) is 2.78. The van der Waals surface area contributed by atoms with Crippen molar-refractivity contribution >= 4 is 31.1 Å². The van der Waals surface area contributed by atoms with E-state index in [-0.39, 0.29) is 21.6 Å². The number of aromatic nitrogens is 2. The number of rotatable bonds is 3. The number of benzene rings is 2. The number of hydrogen-bond acceptors (Lipinski definition) is 2. The van der Waals surface area contributed by atoms with Crippen LogP contribution in [0.4, 0.5) is 4.39 Å². The number of fused-ring (bicyclic) bond motifs is 1. The van der Waals surface area contributed by atoms with Gasteiger partial charge < -0.3 is 0 Å². The van der Waals surface area contributed by atoms with Gasteiger partial charge in [-0.25, -0.2) is 0 Å². The Morgan fingerprint density at radius 2 is 1.73 bits per heavy atom. The van der Waals surface area contributed by atoms with Crippen molar-refractivity contribution < 1.29 is 4.39 Å². The molecule has 3 rings (SSSR count). The summed E-state index contributed by atoms with van der Waals surface area (Å²) in [5.74, 6) is 0.152. The van der Waals surface area contributed by atoms with E-state index in [1.54, 1.807) is 0 Å². The maximum absolute atomic E-state index is 14.0. The van der Waals surface area contributed by atoms with Crippen LogP contribution < -0.4 is 4.61 Å². The van der Waals surface area contributed by atoms with Gasteiger partial charge in [0.2, 0.25) is 0 Å². The molecule has 0 fully saturated rings. The summed E-state index contributed by atoms with van der Waals surface area (Å²) in [6.07, 6.45) is 0. The van der Waals surface area contributed by atoms with Gasteiger partial charge in [-0.05, 0) is 0 Å². The van der Waals surface area contributed by atoms with Crippen LogP contribution in [0, 0.1) is 5.82 Å². The van der Waals surface area contributed by atoms with Crippen LogP contribution in [-0.2, 0) is 0 Å². The molecule has 0 saturated heterocycles. The molecule has 0 unspecified atom stereocenters. The molecule has 2 nitrogen and oxygen atoms in total. The summed E-state index contributed by atoms with van der Waals surface area (Å²) >= 11 is -0.0448. The molecule has 2 aromatic carbocycles. The first-order valence-corrected chi connectivity index (χ1v) is 10.1. The van der Waals surface area contributed by atoms with Gasteiger partial charge in [0, 0.05) is 0 Å². The van der Waals surface area contributed by atoms with Gasteiger partial charge in [-0.15, -0.1) is 0 Å². The van der Waals surface area contributed by atoms with Crippen molar-refractivity contribution in [2.75, 3.05) is 0 Å². The van der Waals surface area contributed by atoms with Crippen LogP contribution in [0.2, 0.25) is 5.71 Å². The van der Waals surface area contributed by atoms with E-state index < -0.39 is 0 Å². The second-order valence-corrected chi connectivity index (χ2v) is 7.27. The van der Waals surface area contributed by atoms with Crippen LogP contribution >= 0.6 is 0 Å². The van der Waals surface area contributed by atoms with Crippen LogP contribution in [0.5, 0.6) is 0 Å². The monoisotopic (exact) mass is 355 g/mol. The fraction of sp³-hybridized carbons (Fsp3) is 0.222. The summed E-state index contributed by atoms with van der Waals surface area (Å²) in [5, 5.41) is 1.53. The average Bonchev–Trinajstić information content (AvgIpc) is 2.55. The van der Waals surface area contributed by atoms with E-state index >= 15 is 0 Å². The van der Waals surface area contributed by atoms with Crippen molar-refractivity contribution in [3.63, 3.8) is 0 Å². The molecule has 0 N–H and O–H groups in total. The molecule has 1 heterocycles. The summed E-state index contributed by atoms with van der Waals surface area (Å²) in [6.45, 7) is 4.26. The molecule has 3 aromatic rings. The fourth-order valence-corrected chi connectivity index (χ4v) is 3.36. The van der Waals surface area contributed by atoms with E-state index in [9.17, 15) is 4.39 Å². The molecule has 0 saturated carbocycles. The van der Waals surface area contributed by atoms with Gasteiger partial charge in [-0.2, -0.15) is 0 Å². The Labute approximate surface area is 136 Å². The topological polar surface area (TPSA) is 25.8 Å². The Bertz CT molecular complexity index is 830. The number of halogens is 1. The van der Waals surface area contributed by atoms with Gasteiger partial charge in [-0.1, -0.05) is 0 Å². The summed E-state index contributed by atoms with van der Waals surface area (Å²) in [6, 6.07) is 12.9. The minimum absolute atomic E-state index is 0.0448. The van der Waals surface area contributed by atoms with Crippen LogP contribution in [-0.4, -0.2) is 25.7 Å². The van der Waals surface area contributed by atoms with Crippen molar-refractivity contribution in [3.05, 3.63) is 54.0 Å². The SMILES string of the molecule is C[As]c1nc(-c2ccc(F)c3ccccc23)cc(C(C)C)n1. The van der Waals surface area contributed by atoms with E-state index in [0.29, 0.717) is 11.3 Å². The average molecular weight is 355 g/mol. The van der Waals surface area contributed by atoms with Gasteiger partial charge in [0.1, 0.15) is 0 Å². The normalized spacial score (nSPS) is 11.9. The molecule has 0 aliphatic heterocycles. The first-order valence-electron chi connectivity index (χ1n) is 7.26. The Kier molecular flexibility index (Phi) is 4.26. The van der Waals surface area contributed by atoms with Gasteiger partial charge in [0.25, 0.3) is 0 Å². The minimum atomic E-state index is -0.195. The molecule has 111 valence electrons. The molecular formula is C18H17AsFN2. The Balaban J connectivity index is 2.28. The summed E-state index contributed by atoms with van der Waals surface area (Å²) < 4.78 is 14.9. The van der Waals surface area contributed by atoms with Crippen molar-refractivity contribution in [2.45, 2.75) is 25.5 Å². The van der Waals surface area contributed by atoms with Crippen LogP contribution in [0.1, 0.15) is 25.5 Å². The van der Waals surface area contributed by atoms with Gasteiger partial charge in [-0.3, -0.25) is 0 Å². The van der Waals surface area contributed by atoms with Crippen molar-refractivity contribution in [3.8, 4) is 11.3 Å². The first-order chi connectivity index (χ1) is 10.6. The first kappa shape index (κ1) is 15.2. The van der Waals surface area contributed by atoms with Crippen LogP contribution in [0.3, 0.4) is 0 Å². The van der Waals surface area contributed by atoms with Crippen molar-refractivity contribution in [1.82, 2.24) is 9.97 Å². The summed E-state index contributed by atoms with van der Waals surface area (Å²) in [7, 11) is 0. The molecule has 0 bridgehead atoms. The van der Waals surface area contributed by atoms with E-state index in [1.165, 1.54) is 6.07 Å². The molecular weight excluding hydrogens is 338 g/mol. The Morgan fingerprint density at radius 1 is 1.00 bits per heavy atom. The molecule has 1 aromatic heterocycles. The second-order valence-electron chi connectivity index (χ2n) is 5.50. The molecule has 1 radical (unpaired) electrons. The van der Waals surface area contributed by atoms with Gasteiger partial charge in [0.05, 0.1) is 0 Å². The van der Waals surface area contributed by atoms with E-state index in [2.05, 4.69) is 24.5 Å². The summed E-state index contributed by atoms with van der Waals surface area (Å²) in [5.41, 5.74) is 5.05. The van der Waals surface area contributed by atoms with Crippen LogP contribution in [0.25, 0.3) is 22.0 Å². The Hall–Kier alpha value is -1.73. The van der Waals surface area contributed by atoms with E-state index in [0.717, 1.165) is 26.9 Å². The molecule has 0 spiro atoms. The fourth-order valence-electron chi connectivity index (χ4n) is 2.47. The third-order valence-corrected chi connectivity index (χ3v) is 4.93. The molecule has 0 atom stereocenters. The van der Waals surface area contributed by atoms with Crippen molar-refractivity contribution in [1.29, 1.82) is 0 Å². The second kappa shape index (κ2) is 6.18. The van der Waals surface area contributed by atoms with Gasteiger partial charge in [0.15, 0.2) is 0 Å². The molecule has 0 aliphatic carbocycles. The number of nitrogens with zero attached hydrogens (tertiary/aromatic N) is 2. The van der Waals surface area contributed by atoms with Crippen molar-refractivity contribution in [2.24, 2.45) is 0 Å². The number of hydrogen-bond donors (Lipinski definition) is 0. The zero-order chi connectivity index (χ0) is 15.7. The van der Waals surface area contributed by atoms with E-state index in [1.807, 2.05) is 36.4 Å². The molecule has 4 heteroatoms. The zero-order valence-corrected chi connectivity index (χ0v) is 14.7. The molecule has 0 amide bonds. The molecule has 0 aliphatic rings. The quantitative estimate of drug-likeness (QED) is 0.665. The van der Waals surface area contributed by atoms with E-state index in [4.69, 9.17) is 4.98 Å². The van der Waals surface area contributed by atoms with Gasteiger partial charge >= 0.3 is 136 Å². The zero-order valence-electron chi connectivity index (χ0n) is 12.8. The predicted molar refractivity (Wildman–Crippen MR) is 90.3 cm³/mol.